The second-order valence-corrected chi connectivity index (χ2v) is 8.87. The van der Waals surface area contributed by atoms with Crippen LogP contribution >= 0.6 is 11.6 Å². The van der Waals surface area contributed by atoms with Gasteiger partial charge in [0.15, 0.2) is 0 Å². The second-order valence-electron chi connectivity index (χ2n) is 8.47. The number of amides is 2. The lowest BCUT2D eigenvalue weighted by molar-refractivity contribution is -0.133. The summed E-state index contributed by atoms with van der Waals surface area (Å²) in [7, 11) is 1.63. The molecule has 0 N–H and O–H groups in total. The molecule has 0 radical (unpaired) electrons. The molecule has 2 aliphatic rings. The molecule has 7 heteroatoms. The number of nitrogens with zero attached hydrogens (tertiary/aromatic N) is 3. The van der Waals surface area contributed by atoms with Gasteiger partial charge in [-0.2, -0.15) is 0 Å². The molecule has 170 valence electrons. The van der Waals surface area contributed by atoms with E-state index in [1.807, 2.05) is 46.2 Å². The Labute approximate surface area is 194 Å². The molecular weight excluding hydrogens is 426 g/mol. The van der Waals surface area contributed by atoms with Crippen molar-refractivity contribution in [3.63, 3.8) is 0 Å². The topological polar surface area (TPSA) is 53.1 Å². The van der Waals surface area contributed by atoms with E-state index in [4.69, 9.17) is 16.3 Å². The second kappa shape index (κ2) is 9.82. The number of piperazine rings is 1. The first-order valence-corrected chi connectivity index (χ1v) is 11.6. The molecule has 4 rings (SSSR count). The Bertz CT molecular complexity index is 973. The van der Waals surface area contributed by atoms with E-state index >= 15 is 0 Å². The third-order valence-electron chi connectivity index (χ3n) is 6.46. The van der Waals surface area contributed by atoms with Crippen molar-refractivity contribution in [3.8, 4) is 5.75 Å². The molecule has 0 bridgehead atoms. The SMILES string of the molecule is COc1ccc([C@@H]2CN(C(=O)c3ccc(Cl)c(N4CCCCC4)c3)CCN2C(C)=O)cc1. The first-order valence-electron chi connectivity index (χ1n) is 11.2. The van der Waals surface area contributed by atoms with E-state index < -0.39 is 0 Å². The van der Waals surface area contributed by atoms with E-state index in [9.17, 15) is 9.59 Å². The van der Waals surface area contributed by atoms with Crippen molar-refractivity contribution < 1.29 is 14.3 Å². The van der Waals surface area contributed by atoms with Crippen molar-refractivity contribution in [2.75, 3.05) is 44.7 Å². The molecule has 0 aromatic heterocycles. The molecule has 2 aromatic rings. The van der Waals surface area contributed by atoms with Gasteiger partial charge in [0.25, 0.3) is 5.91 Å². The standard InChI is InChI=1S/C25H30ClN3O3/c1-18(30)29-15-14-28(17-24(29)19-6-9-21(32-2)10-7-19)25(31)20-8-11-22(26)23(16-20)27-12-4-3-5-13-27/h6-11,16,24H,3-5,12-15,17H2,1-2H3/t24-/m0/s1. The van der Waals surface area contributed by atoms with E-state index in [0.29, 0.717) is 30.2 Å². The maximum absolute atomic E-state index is 13.4. The van der Waals surface area contributed by atoms with Gasteiger partial charge < -0.3 is 19.4 Å². The summed E-state index contributed by atoms with van der Waals surface area (Å²) in [5.41, 5.74) is 2.56. The predicted octanol–water partition coefficient (Wildman–Crippen LogP) is 4.38. The van der Waals surface area contributed by atoms with Crippen molar-refractivity contribution >= 4 is 29.1 Å². The average Bonchev–Trinajstić information content (AvgIpc) is 2.84. The maximum atomic E-state index is 13.4. The molecular formula is C25H30ClN3O3. The van der Waals surface area contributed by atoms with Gasteiger partial charge in [0.1, 0.15) is 5.75 Å². The molecule has 0 spiro atoms. The summed E-state index contributed by atoms with van der Waals surface area (Å²) >= 11 is 6.48. The molecule has 0 aliphatic carbocycles. The summed E-state index contributed by atoms with van der Waals surface area (Å²) in [5.74, 6) is 0.747. The zero-order valence-electron chi connectivity index (χ0n) is 18.7. The number of hydrogen-bond acceptors (Lipinski definition) is 4. The molecule has 2 aromatic carbocycles. The van der Waals surface area contributed by atoms with Crippen LogP contribution in [0.2, 0.25) is 5.02 Å². The van der Waals surface area contributed by atoms with Crippen LogP contribution < -0.4 is 9.64 Å². The Balaban J connectivity index is 1.56. The zero-order valence-corrected chi connectivity index (χ0v) is 19.5. The van der Waals surface area contributed by atoms with Crippen molar-refractivity contribution in [2.24, 2.45) is 0 Å². The number of benzene rings is 2. The predicted molar refractivity (Wildman–Crippen MR) is 127 cm³/mol. The lowest BCUT2D eigenvalue weighted by Crippen LogP contribution is -2.51. The molecule has 2 saturated heterocycles. The van der Waals surface area contributed by atoms with E-state index in [2.05, 4.69) is 4.90 Å². The number of piperidine rings is 1. The lowest BCUT2D eigenvalue weighted by Gasteiger charge is -2.41. The van der Waals surface area contributed by atoms with Crippen molar-refractivity contribution in [3.05, 3.63) is 58.6 Å². The zero-order chi connectivity index (χ0) is 22.7. The highest BCUT2D eigenvalue weighted by atomic mass is 35.5. The summed E-state index contributed by atoms with van der Waals surface area (Å²) in [5, 5.41) is 0.681. The summed E-state index contributed by atoms with van der Waals surface area (Å²) < 4.78 is 5.26. The minimum Gasteiger partial charge on any atom is -0.497 e. The Morgan fingerprint density at radius 1 is 0.969 bits per heavy atom. The number of anilines is 1. The fourth-order valence-corrected chi connectivity index (χ4v) is 4.90. The van der Waals surface area contributed by atoms with Gasteiger partial charge in [-0.25, -0.2) is 0 Å². The number of hydrogen-bond donors (Lipinski definition) is 0. The average molecular weight is 456 g/mol. The van der Waals surface area contributed by atoms with Crippen molar-refractivity contribution in [2.45, 2.75) is 32.2 Å². The summed E-state index contributed by atoms with van der Waals surface area (Å²) in [6.07, 6.45) is 3.52. The third kappa shape index (κ3) is 4.70. The highest BCUT2D eigenvalue weighted by Gasteiger charge is 2.32. The van der Waals surface area contributed by atoms with Crippen LogP contribution in [-0.4, -0.2) is 61.4 Å². The van der Waals surface area contributed by atoms with Crippen LogP contribution in [0.4, 0.5) is 5.69 Å². The van der Waals surface area contributed by atoms with E-state index in [0.717, 1.165) is 42.9 Å². The molecule has 2 aliphatic heterocycles. The van der Waals surface area contributed by atoms with Gasteiger partial charge in [-0.15, -0.1) is 0 Å². The molecule has 32 heavy (non-hydrogen) atoms. The van der Waals surface area contributed by atoms with Crippen LogP contribution in [0.25, 0.3) is 0 Å². The smallest absolute Gasteiger partial charge is 0.254 e. The third-order valence-corrected chi connectivity index (χ3v) is 6.78. The minimum absolute atomic E-state index is 0.0109. The molecule has 6 nitrogen and oxygen atoms in total. The first kappa shape index (κ1) is 22.5. The van der Waals surface area contributed by atoms with Gasteiger partial charge in [-0.05, 0) is 55.2 Å². The fourth-order valence-electron chi connectivity index (χ4n) is 4.66. The molecule has 0 saturated carbocycles. The number of carbonyl (C=O) groups is 2. The number of rotatable bonds is 4. The monoisotopic (exact) mass is 455 g/mol. The summed E-state index contributed by atoms with van der Waals surface area (Å²) in [4.78, 5) is 31.7. The summed E-state index contributed by atoms with van der Waals surface area (Å²) in [6, 6.07) is 13.1. The molecule has 1 atom stereocenters. The van der Waals surface area contributed by atoms with E-state index in [-0.39, 0.29) is 17.9 Å². The number of halogens is 1. The van der Waals surface area contributed by atoms with E-state index in [1.165, 1.54) is 6.42 Å². The van der Waals surface area contributed by atoms with Crippen LogP contribution in [0.3, 0.4) is 0 Å². The molecule has 2 fully saturated rings. The van der Waals surface area contributed by atoms with Gasteiger partial charge in [0.2, 0.25) is 5.91 Å². The van der Waals surface area contributed by atoms with Crippen LogP contribution in [0.1, 0.15) is 48.1 Å². The van der Waals surface area contributed by atoms with Crippen LogP contribution in [0.5, 0.6) is 5.75 Å². The van der Waals surface area contributed by atoms with Gasteiger partial charge in [-0.3, -0.25) is 9.59 Å². The minimum atomic E-state index is -0.190. The number of ether oxygens (including phenoxy) is 1. The summed E-state index contributed by atoms with van der Waals surface area (Å²) in [6.45, 7) is 4.98. The van der Waals surface area contributed by atoms with Gasteiger partial charge in [0.05, 0.1) is 23.9 Å². The highest BCUT2D eigenvalue weighted by Crippen LogP contribution is 2.32. The van der Waals surface area contributed by atoms with Crippen LogP contribution in [-0.2, 0) is 4.79 Å². The quantitative estimate of drug-likeness (QED) is 0.686. The van der Waals surface area contributed by atoms with Crippen LogP contribution in [0.15, 0.2) is 42.5 Å². The number of carbonyl (C=O) groups excluding carboxylic acids is 2. The number of methoxy groups -OCH3 is 1. The Morgan fingerprint density at radius 2 is 1.69 bits per heavy atom. The fraction of sp³-hybridized carbons (Fsp3) is 0.440. The van der Waals surface area contributed by atoms with Crippen molar-refractivity contribution in [1.82, 2.24) is 9.80 Å². The largest absolute Gasteiger partial charge is 0.497 e. The van der Waals surface area contributed by atoms with Crippen LogP contribution in [0, 0.1) is 0 Å². The first-order chi connectivity index (χ1) is 15.5. The molecule has 2 amide bonds. The van der Waals surface area contributed by atoms with Gasteiger partial charge in [0, 0.05) is 45.2 Å². The molecule has 2 heterocycles. The van der Waals surface area contributed by atoms with Gasteiger partial charge >= 0.3 is 0 Å². The van der Waals surface area contributed by atoms with Gasteiger partial charge in [-0.1, -0.05) is 23.7 Å². The van der Waals surface area contributed by atoms with E-state index in [1.54, 1.807) is 20.1 Å². The highest BCUT2D eigenvalue weighted by molar-refractivity contribution is 6.33. The maximum Gasteiger partial charge on any atom is 0.254 e. The molecule has 0 unspecified atom stereocenters. The lowest BCUT2D eigenvalue weighted by atomic mass is 10.0. The normalized spacial score (nSPS) is 19.1. The Kier molecular flexibility index (Phi) is 6.89. The van der Waals surface area contributed by atoms with Crippen molar-refractivity contribution in [1.29, 1.82) is 0 Å². The Hall–Kier alpha value is -2.73. The Morgan fingerprint density at radius 3 is 2.34 bits per heavy atom.